The summed E-state index contributed by atoms with van der Waals surface area (Å²) in [6, 6.07) is 5.12. The summed E-state index contributed by atoms with van der Waals surface area (Å²) in [5.41, 5.74) is 0.921. The van der Waals surface area contributed by atoms with E-state index in [4.69, 9.17) is 5.11 Å². The minimum Gasteiger partial charge on any atom is -0.481 e. The molecule has 7 nitrogen and oxygen atoms in total. The predicted molar refractivity (Wildman–Crippen MR) is 116 cm³/mol. The molecule has 32 heavy (non-hydrogen) atoms. The Hall–Kier alpha value is -3.14. The number of carbonyl (C=O) groups is 1. The van der Waals surface area contributed by atoms with Crippen LogP contribution in [-0.2, 0) is 17.1 Å². The van der Waals surface area contributed by atoms with Gasteiger partial charge in [0.25, 0.3) is 5.56 Å². The standard InChI is InChI=1S/C22H22F2N4O3S/c23-17-6-5-15(10-18(17)24)13-32-21(16-11-25-14-26-12-16)22-27-19(29)7-9-28(22)8-3-1-2-4-20(30)31/h5-7,9-12,14,21H,1-4,8,13H2,(H,30,31). The van der Waals surface area contributed by atoms with Gasteiger partial charge >= 0.3 is 5.97 Å². The van der Waals surface area contributed by atoms with Gasteiger partial charge in [0.2, 0.25) is 0 Å². The second kappa shape index (κ2) is 11.5. The monoisotopic (exact) mass is 460 g/mol. The maximum atomic E-state index is 13.6. The van der Waals surface area contributed by atoms with Crippen LogP contribution in [0.4, 0.5) is 8.78 Å². The number of hydrogen-bond donors (Lipinski definition) is 1. The van der Waals surface area contributed by atoms with E-state index in [9.17, 15) is 18.4 Å². The third kappa shape index (κ3) is 6.68. The summed E-state index contributed by atoms with van der Waals surface area (Å²) in [4.78, 5) is 35.1. The van der Waals surface area contributed by atoms with Crippen LogP contribution in [0.25, 0.3) is 0 Å². The van der Waals surface area contributed by atoms with Crippen LogP contribution in [0.2, 0.25) is 0 Å². The van der Waals surface area contributed by atoms with Crippen molar-refractivity contribution in [2.45, 2.75) is 43.2 Å². The van der Waals surface area contributed by atoms with Gasteiger partial charge in [-0.2, -0.15) is 4.98 Å². The fraction of sp³-hybridized carbons (Fsp3) is 0.318. The lowest BCUT2D eigenvalue weighted by Crippen LogP contribution is -2.19. The van der Waals surface area contributed by atoms with Crippen molar-refractivity contribution in [1.82, 2.24) is 19.5 Å². The van der Waals surface area contributed by atoms with E-state index in [-0.39, 0.29) is 6.42 Å². The summed E-state index contributed by atoms with van der Waals surface area (Å²) in [6.45, 7) is 0.554. The van der Waals surface area contributed by atoms with Crippen LogP contribution >= 0.6 is 11.8 Å². The number of benzene rings is 1. The summed E-state index contributed by atoms with van der Waals surface area (Å²) in [5.74, 6) is -1.81. The van der Waals surface area contributed by atoms with Crippen molar-refractivity contribution < 1.29 is 18.7 Å². The molecule has 2 heterocycles. The molecule has 3 rings (SSSR count). The van der Waals surface area contributed by atoms with Gasteiger partial charge < -0.3 is 9.67 Å². The van der Waals surface area contributed by atoms with Gasteiger partial charge in [0.05, 0.1) is 5.25 Å². The molecule has 1 unspecified atom stereocenters. The van der Waals surface area contributed by atoms with Crippen molar-refractivity contribution in [3.8, 4) is 0 Å². The van der Waals surface area contributed by atoms with E-state index in [1.807, 2.05) is 4.57 Å². The number of nitrogens with zero attached hydrogens (tertiary/aromatic N) is 4. The summed E-state index contributed by atoms with van der Waals surface area (Å²) >= 11 is 1.40. The van der Waals surface area contributed by atoms with E-state index >= 15 is 0 Å². The Bertz CT molecular complexity index is 1110. The molecule has 0 saturated heterocycles. The number of rotatable bonds is 11. The van der Waals surface area contributed by atoms with Crippen LogP contribution < -0.4 is 5.56 Å². The van der Waals surface area contributed by atoms with Gasteiger partial charge in [-0.1, -0.05) is 12.5 Å². The van der Waals surface area contributed by atoms with Gasteiger partial charge in [0.15, 0.2) is 11.6 Å². The van der Waals surface area contributed by atoms with Crippen molar-refractivity contribution >= 4 is 17.7 Å². The molecule has 1 atom stereocenters. The highest BCUT2D eigenvalue weighted by Gasteiger charge is 2.21. The second-order valence-electron chi connectivity index (χ2n) is 7.13. The Morgan fingerprint density at radius 2 is 1.88 bits per heavy atom. The normalized spacial score (nSPS) is 11.9. The molecule has 0 bridgehead atoms. The number of thioether (sulfide) groups is 1. The molecule has 2 aromatic heterocycles. The van der Waals surface area contributed by atoms with E-state index in [0.29, 0.717) is 30.1 Å². The number of aromatic nitrogens is 4. The van der Waals surface area contributed by atoms with Crippen molar-refractivity contribution in [3.63, 3.8) is 0 Å². The number of aliphatic carboxylic acids is 1. The lowest BCUT2D eigenvalue weighted by atomic mass is 10.2. The Morgan fingerprint density at radius 1 is 1.09 bits per heavy atom. The largest absolute Gasteiger partial charge is 0.481 e. The zero-order valence-electron chi connectivity index (χ0n) is 17.2. The van der Waals surface area contributed by atoms with Gasteiger partial charge in [-0.3, -0.25) is 9.59 Å². The highest BCUT2D eigenvalue weighted by Crippen LogP contribution is 2.36. The number of hydrogen-bond acceptors (Lipinski definition) is 6. The molecule has 3 aromatic rings. The Balaban J connectivity index is 1.83. The minimum atomic E-state index is -0.918. The van der Waals surface area contributed by atoms with Crippen LogP contribution in [0, 0.1) is 11.6 Å². The molecule has 168 valence electrons. The molecule has 1 aromatic carbocycles. The third-order valence-electron chi connectivity index (χ3n) is 4.72. The molecule has 1 N–H and O–H groups in total. The third-order valence-corrected chi connectivity index (χ3v) is 6.04. The van der Waals surface area contributed by atoms with Gasteiger partial charge in [-0.05, 0) is 30.5 Å². The summed E-state index contributed by atoms with van der Waals surface area (Å²) in [7, 11) is 0. The second-order valence-corrected chi connectivity index (χ2v) is 8.23. The van der Waals surface area contributed by atoms with Crippen molar-refractivity contribution in [2.24, 2.45) is 0 Å². The van der Waals surface area contributed by atoms with Crippen LogP contribution in [0.1, 0.15) is 47.9 Å². The molecular weight excluding hydrogens is 438 g/mol. The Labute approximate surface area is 187 Å². The minimum absolute atomic E-state index is 0.114. The zero-order valence-corrected chi connectivity index (χ0v) is 18.0. The van der Waals surface area contributed by atoms with E-state index in [1.165, 1.54) is 30.2 Å². The van der Waals surface area contributed by atoms with E-state index in [0.717, 1.165) is 30.5 Å². The van der Waals surface area contributed by atoms with Crippen LogP contribution in [-0.4, -0.2) is 30.6 Å². The molecule has 10 heteroatoms. The predicted octanol–water partition coefficient (Wildman–Crippen LogP) is 3.98. The number of halogens is 2. The Morgan fingerprint density at radius 3 is 2.59 bits per heavy atom. The summed E-state index contributed by atoms with van der Waals surface area (Å²) in [5, 5.41) is 8.36. The van der Waals surface area contributed by atoms with E-state index < -0.39 is 28.4 Å². The van der Waals surface area contributed by atoms with Gasteiger partial charge in [0.1, 0.15) is 12.2 Å². The lowest BCUT2D eigenvalue weighted by molar-refractivity contribution is -0.137. The summed E-state index contributed by atoms with van der Waals surface area (Å²) < 4.78 is 28.7. The molecule has 0 fully saturated rings. The number of unbranched alkanes of at least 4 members (excludes halogenated alkanes) is 2. The Kier molecular flexibility index (Phi) is 8.43. The van der Waals surface area contributed by atoms with Gasteiger partial charge in [0, 0.05) is 48.9 Å². The molecule has 0 amide bonds. The maximum absolute atomic E-state index is 13.6. The molecule has 0 radical (unpaired) electrons. The highest BCUT2D eigenvalue weighted by atomic mass is 32.2. The number of carboxylic acids is 1. The number of carboxylic acid groups (broad SMARTS) is 1. The molecule has 0 aliphatic heterocycles. The van der Waals surface area contributed by atoms with Crippen molar-refractivity contribution in [2.75, 3.05) is 0 Å². The quantitative estimate of drug-likeness (QED) is 0.432. The maximum Gasteiger partial charge on any atom is 0.303 e. The number of aryl methyl sites for hydroxylation is 1. The summed E-state index contributed by atoms with van der Waals surface area (Å²) in [6.07, 6.45) is 8.45. The average Bonchev–Trinajstić information content (AvgIpc) is 2.78. The van der Waals surface area contributed by atoms with E-state index in [2.05, 4.69) is 15.0 Å². The fourth-order valence-corrected chi connectivity index (χ4v) is 4.34. The van der Waals surface area contributed by atoms with Crippen LogP contribution in [0.15, 0.2) is 54.0 Å². The smallest absolute Gasteiger partial charge is 0.303 e. The first-order valence-corrected chi connectivity index (χ1v) is 11.1. The zero-order chi connectivity index (χ0) is 22.9. The molecular formula is C22H22F2N4O3S. The first-order valence-electron chi connectivity index (χ1n) is 10.0. The average molecular weight is 461 g/mol. The van der Waals surface area contributed by atoms with Gasteiger partial charge in [-0.15, -0.1) is 11.8 Å². The SMILES string of the molecule is O=C(O)CCCCCn1ccc(=O)nc1C(SCc1ccc(F)c(F)c1)c1cncnc1. The van der Waals surface area contributed by atoms with Crippen molar-refractivity contribution in [3.05, 3.63) is 88.1 Å². The lowest BCUT2D eigenvalue weighted by Gasteiger charge is -2.20. The van der Waals surface area contributed by atoms with Crippen LogP contribution in [0.3, 0.4) is 0 Å². The molecule has 0 aliphatic rings. The first-order chi connectivity index (χ1) is 15.4. The molecule has 0 spiro atoms. The van der Waals surface area contributed by atoms with Crippen LogP contribution in [0.5, 0.6) is 0 Å². The van der Waals surface area contributed by atoms with Crippen molar-refractivity contribution in [1.29, 1.82) is 0 Å². The van der Waals surface area contributed by atoms with Gasteiger partial charge in [-0.25, -0.2) is 18.7 Å². The highest BCUT2D eigenvalue weighted by molar-refractivity contribution is 7.98. The fourth-order valence-electron chi connectivity index (χ4n) is 3.15. The molecule has 0 aliphatic carbocycles. The topological polar surface area (TPSA) is 98.0 Å². The first kappa shape index (κ1) is 23.5. The van der Waals surface area contributed by atoms with E-state index in [1.54, 1.807) is 18.6 Å². The molecule has 0 saturated carbocycles.